The summed E-state index contributed by atoms with van der Waals surface area (Å²) < 4.78 is 132. The van der Waals surface area contributed by atoms with Gasteiger partial charge in [-0.3, -0.25) is 9.11 Å². The van der Waals surface area contributed by atoms with Crippen molar-refractivity contribution in [3.63, 3.8) is 0 Å². The largest absolute Gasteiger partial charge is 0.437 e. The van der Waals surface area contributed by atoms with E-state index in [0.29, 0.717) is 5.02 Å². The van der Waals surface area contributed by atoms with Crippen LogP contribution in [0.15, 0.2) is 202 Å². The number of rotatable bonds is 4. The molecule has 2 heterocycles. The Morgan fingerprint density at radius 1 is 0.485 bits per heavy atom. The van der Waals surface area contributed by atoms with Crippen LogP contribution >= 0.6 is 11.6 Å². The third-order valence-electron chi connectivity index (χ3n) is 8.19. The van der Waals surface area contributed by atoms with Gasteiger partial charge in [0, 0.05) is 39.6 Å². The number of halogens is 7. The third-order valence-corrected chi connectivity index (χ3v) is 10.2. The van der Waals surface area contributed by atoms with Crippen molar-refractivity contribution in [3.8, 4) is 0 Å². The molecule has 0 aliphatic carbocycles. The van der Waals surface area contributed by atoms with Gasteiger partial charge in [0.2, 0.25) is 0 Å². The van der Waals surface area contributed by atoms with Gasteiger partial charge in [0.05, 0.1) is 9.79 Å². The van der Waals surface area contributed by atoms with Crippen LogP contribution in [0.2, 0.25) is 5.02 Å². The molecule has 0 bridgehead atoms. The minimum atomic E-state index is -4.68. The molecule has 0 fully saturated rings. The summed E-state index contributed by atoms with van der Waals surface area (Å²) >= 11 is 5.49. The molecule has 348 valence electrons. The molecule has 8 rings (SSSR count). The number of oxime groups is 2. The number of hydrogen-bond donors (Lipinski definition) is 6. The highest BCUT2D eigenvalue weighted by Gasteiger charge is 2.38. The maximum atomic E-state index is 12.2. The molecule has 6 N–H and O–H groups in total. The molecule has 21 heteroatoms. The van der Waals surface area contributed by atoms with Crippen LogP contribution in [-0.4, -0.2) is 70.1 Å². The highest BCUT2D eigenvalue weighted by Crippen LogP contribution is 2.24. The van der Waals surface area contributed by atoms with Crippen molar-refractivity contribution >= 4 is 65.1 Å². The van der Waals surface area contributed by atoms with Gasteiger partial charge in [-0.05, 0) is 78.4 Å². The lowest BCUT2D eigenvalue weighted by atomic mass is 10.1. The van der Waals surface area contributed by atoms with E-state index in [1.807, 2.05) is 36.7 Å². The maximum Gasteiger partial charge on any atom is 0.437 e. The molecule has 0 amide bonds. The van der Waals surface area contributed by atoms with Crippen LogP contribution in [0.25, 0.3) is 21.8 Å². The molecule has 2 aromatic heterocycles. The fourth-order valence-corrected chi connectivity index (χ4v) is 6.18. The quantitative estimate of drug-likeness (QED) is 0.0328. The molecule has 66 heavy (non-hydrogen) atoms. The monoisotopic (exact) mass is 976 g/mol. The topological polar surface area (TPSA) is 205 Å². The van der Waals surface area contributed by atoms with Crippen molar-refractivity contribution in [3.05, 3.63) is 204 Å². The molecule has 0 atom stereocenters. The Labute approximate surface area is 379 Å². The lowest BCUT2D eigenvalue weighted by Crippen LogP contribution is -2.23. The summed E-state index contributed by atoms with van der Waals surface area (Å²) in [5.41, 5.74) is 0.255. The summed E-state index contributed by atoms with van der Waals surface area (Å²) in [5, 5.41) is 23.8. The van der Waals surface area contributed by atoms with E-state index in [9.17, 15) is 43.2 Å². The number of aryl methyl sites for hydroxylation is 1. The number of hydrogen-bond acceptors (Lipinski definition) is 8. The van der Waals surface area contributed by atoms with Gasteiger partial charge in [0.25, 0.3) is 20.2 Å². The first-order chi connectivity index (χ1) is 31.0. The first kappa shape index (κ1) is 53.4. The predicted molar refractivity (Wildman–Crippen MR) is 240 cm³/mol. The lowest BCUT2D eigenvalue weighted by molar-refractivity contribution is -0.0610. The Hall–Kier alpha value is -6.97. The van der Waals surface area contributed by atoms with Crippen molar-refractivity contribution in [1.82, 2.24) is 9.97 Å². The minimum absolute atomic E-state index is 0.0741. The number of aromatic nitrogens is 2. The van der Waals surface area contributed by atoms with Gasteiger partial charge in [-0.2, -0.15) is 43.2 Å². The Morgan fingerprint density at radius 2 is 0.803 bits per heavy atom. The Kier molecular flexibility index (Phi) is 20.1. The molecule has 0 unspecified atom stereocenters. The summed E-state index contributed by atoms with van der Waals surface area (Å²) in [5.74, 6) is 0. The molecule has 0 aliphatic heterocycles. The van der Waals surface area contributed by atoms with Crippen LogP contribution < -0.4 is 0 Å². The molecule has 6 aromatic carbocycles. The zero-order valence-corrected chi connectivity index (χ0v) is 36.5. The van der Waals surface area contributed by atoms with Gasteiger partial charge >= 0.3 is 12.4 Å². The number of aromatic amines is 2. The van der Waals surface area contributed by atoms with Gasteiger partial charge in [-0.15, -0.1) is 0 Å². The number of para-hydroxylation sites is 2. The smallest absolute Gasteiger partial charge is 0.410 e. The van der Waals surface area contributed by atoms with E-state index >= 15 is 0 Å². The highest BCUT2D eigenvalue weighted by atomic mass is 35.5. The second-order valence-electron chi connectivity index (χ2n) is 13.0. The second-order valence-corrected chi connectivity index (χ2v) is 16.3. The average Bonchev–Trinajstić information content (AvgIpc) is 3.97. The Balaban J connectivity index is 0.000000212. The fraction of sp³-hybridized carbons (Fsp3) is 0.0667. The fourth-order valence-electron chi connectivity index (χ4n) is 5.05. The van der Waals surface area contributed by atoms with Crippen LogP contribution in [-0.2, 0) is 20.2 Å². The second kappa shape index (κ2) is 24.9. The first-order valence-corrected chi connectivity index (χ1v) is 21.8. The Morgan fingerprint density at radius 3 is 1.09 bits per heavy atom. The van der Waals surface area contributed by atoms with Gasteiger partial charge in [0.1, 0.15) is 0 Å². The van der Waals surface area contributed by atoms with E-state index in [1.165, 1.54) is 82.5 Å². The van der Waals surface area contributed by atoms with Crippen LogP contribution in [0, 0.1) is 6.92 Å². The van der Waals surface area contributed by atoms with E-state index in [0.717, 1.165) is 17.7 Å². The molecular weight excluding hydrogens is 938 g/mol. The first-order valence-electron chi connectivity index (χ1n) is 18.6. The van der Waals surface area contributed by atoms with E-state index in [2.05, 4.69) is 56.7 Å². The number of nitrogens with zero attached hydrogens (tertiary/aromatic N) is 2. The molecule has 12 nitrogen and oxygen atoms in total. The Bertz CT molecular complexity index is 2720. The number of H-pyrrole nitrogens is 2. The van der Waals surface area contributed by atoms with Crippen molar-refractivity contribution in [2.75, 3.05) is 0 Å². The predicted octanol–water partition coefficient (Wildman–Crippen LogP) is 12.0. The van der Waals surface area contributed by atoms with Crippen molar-refractivity contribution in [1.29, 1.82) is 0 Å². The van der Waals surface area contributed by atoms with Crippen molar-refractivity contribution in [2.45, 2.75) is 29.1 Å². The minimum Gasteiger partial charge on any atom is -0.410 e. The van der Waals surface area contributed by atoms with E-state index in [1.54, 1.807) is 43.3 Å². The number of fused-ring (bicyclic) bond motifs is 2. The lowest BCUT2D eigenvalue weighted by Gasteiger charge is -2.08. The number of nitrogens with one attached hydrogen (secondary N) is 2. The maximum absolute atomic E-state index is 12.2. The molecular formula is C45H39ClF6N4O8S2. The molecule has 0 saturated heterocycles. The van der Waals surface area contributed by atoms with Gasteiger partial charge < -0.3 is 20.4 Å². The number of alkyl halides is 6. The van der Waals surface area contributed by atoms with E-state index < -0.39 is 44.0 Å². The zero-order chi connectivity index (χ0) is 49.0. The summed E-state index contributed by atoms with van der Waals surface area (Å²) in [7, 11) is -8.01. The molecule has 0 saturated carbocycles. The summed E-state index contributed by atoms with van der Waals surface area (Å²) in [4.78, 5) is 6.09. The summed E-state index contributed by atoms with van der Waals surface area (Å²) in [6, 6.07) is 45.8. The molecule has 0 spiro atoms. The standard InChI is InChI=1S/C9H8F3NO.C8H5ClF3NO.2C8H7N.2C6H6O3S/c1-6-2-4-7(5-3-6)8(13-14)9(10,11)12;9-6-3-1-5(2-4-6)7(13-14)8(10,11)12;2*1-2-4-8-7(3-1)5-6-9-8;2*7-10(8,9)6-4-2-1-3-5-6/h2-5,14H,1H3;1-4,14H;2*1-6,9H;2*1-5H,(H,7,8,9). The van der Waals surface area contributed by atoms with Crippen LogP contribution in [0.1, 0.15) is 16.7 Å². The van der Waals surface area contributed by atoms with E-state index in [-0.39, 0.29) is 20.9 Å². The van der Waals surface area contributed by atoms with Crippen LogP contribution in [0.5, 0.6) is 0 Å². The zero-order valence-electron chi connectivity index (χ0n) is 34.1. The highest BCUT2D eigenvalue weighted by molar-refractivity contribution is 7.86. The molecule has 8 aromatic rings. The molecule has 0 radical (unpaired) electrons. The number of benzene rings is 6. The SMILES string of the molecule is Cc1ccc(C(=NO)C(F)(F)F)cc1.O=S(=O)(O)c1ccccc1.O=S(=O)(O)c1ccccc1.ON=C(c1ccc(Cl)cc1)C(F)(F)F.c1ccc2[nH]ccc2c1.c1ccc2[nH]ccc2c1. The van der Waals surface area contributed by atoms with Crippen LogP contribution in [0.3, 0.4) is 0 Å². The van der Waals surface area contributed by atoms with Gasteiger partial charge in [-0.1, -0.05) is 137 Å². The molecule has 0 aliphatic rings. The average molecular weight is 977 g/mol. The van der Waals surface area contributed by atoms with Crippen molar-refractivity contribution in [2.24, 2.45) is 10.3 Å². The third kappa shape index (κ3) is 18.3. The van der Waals surface area contributed by atoms with Crippen LogP contribution in [0.4, 0.5) is 26.3 Å². The van der Waals surface area contributed by atoms with Gasteiger partial charge in [0.15, 0.2) is 11.4 Å². The van der Waals surface area contributed by atoms with Gasteiger partial charge in [-0.25, -0.2) is 0 Å². The summed E-state index contributed by atoms with van der Waals surface area (Å²) in [6.07, 6.45) is -5.41. The van der Waals surface area contributed by atoms with Crippen molar-refractivity contribution < 1.29 is 62.7 Å². The normalized spacial score (nSPS) is 11.7. The van der Waals surface area contributed by atoms with E-state index in [4.69, 9.17) is 31.1 Å². The summed E-state index contributed by atoms with van der Waals surface area (Å²) in [6.45, 7) is 1.76.